The molecule has 0 fully saturated rings. The molecule has 1 aromatic carbocycles. The Morgan fingerprint density at radius 1 is 1.40 bits per heavy atom. The van der Waals surface area contributed by atoms with Crippen molar-refractivity contribution in [2.45, 2.75) is 40.0 Å². The van der Waals surface area contributed by atoms with Crippen LogP contribution < -0.4 is 10.6 Å². The minimum Gasteiger partial charge on any atom is -0.384 e. The molecule has 20 heavy (non-hydrogen) atoms. The van der Waals surface area contributed by atoms with Crippen LogP contribution in [0.15, 0.2) is 24.3 Å². The van der Waals surface area contributed by atoms with E-state index >= 15 is 0 Å². The molecule has 0 aromatic heterocycles. The van der Waals surface area contributed by atoms with Crippen molar-refractivity contribution >= 4 is 11.6 Å². The quantitative estimate of drug-likeness (QED) is 0.864. The maximum Gasteiger partial charge on any atom is 0.220 e. The Morgan fingerprint density at radius 2 is 2.10 bits per heavy atom. The third-order valence-corrected chi connectivity index (χ3v) is 4.68. The van der Waals surface area contributed by atoms with Gasteiger partial charge in [-0.05, 0) is 23.0 Å². The van der Waals surface area contributed by atoms with Crippen LogP contribution in [0.2, 0.25) is 0 Å². The first-order chi connectivity index (χ1) is 9.40. The molecule has 1 amide bonds. The van der Waals surface area contributed by atoms with E-state index < -0.39 is 0 Å². The Bertz CT molecular complexity index is 480. The van der Waals surface area contributed by atoms with Gasteiger partial charge in [0.25, 0.3) is 0 Å². The van der Waals surface area contributed by atoms with Gasteiger partial charge in [-0.1, -0.05) is 45.9 Å². The summed E-state index contributed by atoms with van der Waals surface area (Å²) in [5, 5.41) is 6.46. The van der Waals surface area contributed by atoms with Crippen LogP contribution in [-0.2, 0) is 4.79 Å². The zero-order valence-corrected chi connectivity index (χ0v) is 13.0. The van der Waals surface area contributed by atoms with Gasteiger partial charge in [0, 0.05) is 31.1 Å². The second-order valence-electron chi connectivity index (χ2n) is 6.79. The number of nitrogens with one attached hydrogen (secondary N) is 2. The van der Waals surface area contributed by atoms with Gasteiger partial charge in [0.2, 0.25) is 5.91 Å². The smallest absolute Gasteiger partial charge is 0.220 e. The molecule has 0 bridgehead atoms. The Morgan fingerprint density at radius 3 is 2.80 bits per heavy atom. The Kier molecular flexibility index (Phi) is 4.36. The highest BCUT2D eigenvalue weighted by atomic mass is 16.1. The van der Waals surface area contributed by atoms with Crippen LogP contribution in [0.5, 0.6) is 0 Å². The lowest BCUT2D eigenvalue weighted by molar-refractivity contribution is -0.122. The van der Waals surface area contributed by atoms with Crippen molar-refractivity contribution in [1.29, 1.82) is 0 Å². The Balaban J connectivity index is 1.88. The van der Waals surface area contributed by atoms with E-state index in [0.717, 1.165) is 13.1 Å². The summed E-state index contributed by atoms with van der Waals surface area (Å²) in [6, 6.07) is 8.26. The number of carbonyl (C=O) groups excluding carboxylic acids is 1. The number of hydrogen-bond acceptors (Lipinski definition) is 2. The lowest BCUT2D eigenvalue weighted by Crippen LogP contribution is -2.37. The normalized spacial score (nSPS) is 17.8. The van der Waals surface area contributed by atoms with E-state index in [9.17, 15) is 4.79 Å². The molecule has 1 heterocycles. The highest BCUT2D eigenvalue weighted by molar-refractivity contribution is 5.78. The Hall–Kier alpha value is -1.51. The fraction of sp³-hybridized carbons (Fsp3) is 0.588. The van der Waals surface area contributed by atoms with Crippen LogP contribution >= 0.6 is 0 Å². The molecule has 0 radical (unpaired) electrons. The first-order valence-electron chi connectivity index (χ1n) is 7.49. The lowest BCUT2D eigenvalue weighted by atomic mass is 9.81. The van der Waals surface area contributed by atoms with E-state index in [1.807, 2.05) is 12.1 Å². The molecule has 3 heteroatoms. The van der Waals surface area contributed by atoms with Gasteiger partial charge in [0.15, 0.2) is 0 Å². The summed E-state index contributed by atoms with van der Waals surface area (Å²) in [5.41, 5.74) is 2.58. The molecule has 1 atom stereocenters. The maximum absolute atomic E-state index is 12.1. The molecule has 3 nitrogen and oxygen atoms in total. The van der Waals surface area contributed by atoms with Crippen LogP contribution in [0, 0.1) is 11.3 Å². The molecule has 0 saturated carbocycles. The highest BCUT2D eigenvalue weighted by Gasteiger charge is 2.26. The third-order valence-electron chi connectivity index (χ3n) is 4.68. The third kappa shape index (κ3) is 3.33. The fourth-order valence-corrected chi connectivity index (χ4v) is 2.37. The summed E-state index contributed by atoms with van der Waals surface area (Å²) in [6.45, 7) is 10.4. The zero-order valence-electron chi connectivity index (χ0n) is 13.0. The second-order valence-corrected chi connectivity index (χ2v) is 6.79. The predicted molar refractivity (Wildman–Crippen MR) is 83.9 cm³/mol. The van der Waals surface area contributed by atoms with E-state index in [1.165, 1.54) is 11.3 Å². The summed E-state index contributed by atoms with van der Waals surface area (Å²) < 4.78 is 0. The van der Waals surface area contributed by atoms with Crippen molar-refractivity contribution in [3.8, 4) is 0 Å². The van der Waals surface area contributed by atoms with Crippen molar-refractivity contribution in [3.05, 3.63) is 29.8 Å². The van der Waals surface area contributed by atoms with Crippen molar-refractivity contribution in [2.24, 2.45) is 11.3 Å². The highest BCUT2D eigenvalue weighted by Crippen LogP contribution is 2.33. The number of benzene rings is 1. The summed E-state index contributed by atoms with van der Waals surface area (Å²) in [5.74, 6) is 1.01. The molecule has 110 valence electrons. The maximum atomic E-state index is 12.1. The molecular formula is C17H26N2O. The first-order valence-corrected chi connectivity index (χ1v) is 7.49. The molecule has 1 unspecified atom stereocenters. The van der Waals surface area contributed by atoms with Crippen LogP contribution in [0.4, 0.5) is 5.69 Å². The van der Waals surface area contributed by atoms with Gasteiger partial charge in [0.1, 0.15) is 0 Å². The second kappa shape index (κ2) is 5.86. The summed E-state index contributed by atoms with van der Waals surface area (Å²) in [7, 11) is 0. The summed E-state index contributed by atoms with van der Waals surface area (Å²) >= 11 is 0. The van der Waals surface area contributed by atoms with E-state index in [4.69, 9.17) is 0 Å². The standard InChI is InChI=1S/C17H26N2O/c1-12(2)17(3,4)11-19-16(20)9-13-10-18-15-8-6-5-7-14(13)15/h5-8,12-13,18H,9-11H2,1-4H3,(H,19,20). The monoisotopic (exact) mass is 274 g/mol. The van der Waals surface area contributed by atoms with Crippen molar-refractivity contribution in [3.63, 3.8) is 0 Å². The van der Waals surface area contributed by atoms with Crippen LogP contribution in [-0.4, -0.2) is 19.0 Å². The molecule has 2 N–H and O–H groups in total. The molecule has 1 aliphatic heterocycles. The molecule has 1 aliphatic rings. The van der Waals surface area contributed by atoms with Crippen LogP contribution in [0.3, 0.4) is 0 Å². The summed E-state index contributed by atoms with van der Waals surface area (Å²) in [6.07, 6.45) is 0.568. The van der Waals surface area contributed by atoms with Gasteiger partial charge in [0.05, 0.1) is 0 Å². The minimum absolute atomic E-state index is 0.140. The Labute approximate surface area is 122 Å². The number of fused-ring (bicyclic) bond motifs is 1. The topological polar surface area (TPSA) is 41.1 Å². The fourth-order valence-electron chi connectivity index (χ4n) is 2.37. The van der Waals surface area contributed by atoms with E-state index in [0.29, 0.717) is 18.3 Å². The van der Waals surface area contributed by atoms with Gasteiger partial charge in [-0.3, -0.25) is 4.79 Å². The molecule has 0 spiro atoms. The van der Waals surface area contributed by atoms with E-state index in [-0.39, 0.29) is 11.3 Å². The van der Waals surface area contributed by atoms with E-state index in [2.05, 4.69) is 50.5 Å². The van der Waals surface area contributed by atoms with Gasteiger partial charge < -0.3 is 10.6 Å². The van der Waals surface area contributed by atoms with Crippen LogP contribution in [0.25, 0.3) is 0 Å². The van der Waals surface area contributed by atoms with E-state index in [1.54, 1.807) is 0 Å². The predicted octanol–water partition coefficient (Wildman–Crippen LogP) is 3.38. The largest absolute Gasteiger partial charge is 0.384 e. The molecule has 0 aliphatic carbocycles. The van der Waals surface area contributed by atoms with Gasteiger partial charge in [-0.2, -0.15) is 0 Å². The summed E-state index contributed by atoms with van der Waals surface area (Å²) in [4.78, 5) is 12.1. The van der Waals surface area contributed by atoms with Gasteiger partial charge in [-0.25, -0.2) is 0 Å². The van der Waals surface area contributed by atoms with Crippen molar-refractivity contribution in [2.75, 3.05) is 18.4 Å². The average Bonchev–Trinajstić information content (AvgIpc) is 2.80. The first kappa shape index (κ1) is 14.9. The number of para-hydroxylation sites is 1. The average molecular weight is 274 g/mol. The van der Waals surface area contributed by atoms with Gasteiger partial charge >= 0.3 is 0 Å². The van der Waals surface area contributed by atoms with Crippen LogP contribution in [0.1, 0.15) is 45.6 Å². The minimum atomic E-state index is 0.140. The number of anilines is 1. The molecular weight excluding hydrogens is 248 g/mol. The van der Waals surface area contributed by atoms with Gasteiger partial charge in [-0.15, -0.1) is 0 Å². The van der Waals surface area contributed by atoms with Crippen molar-refractivity contribution in [1.82, 2.24) is 5.32 Å². The molecule has 2 rings (SSSR count). The molecule has 1 aromatic rings. The number of amides is 1. The lowest BCUT2D eigenvalue weighted by Gasteiger charge is -2.29. The zero-order chi connectivity index (χ0) is 14.8. The number of hydrogen-bond donors (Lipinski definition) is 2. The SMILES string of the molecule is CC(C)C(C)(C)CNC(=O)CC1CNc2ccccc21. The number of rotatable bonds is 5. The number of carbonyl (C=O) groups is 1. The molecule has 0 saturated heterocycles. The van der Waals surface area contributed by atoms with Crippen molar-refractivity contribution < 1.29 is 4.79 Å².